The van der Waals surface area contributed by atoms with Crippen molar-refractivity contribution in [1.82, 2.24) is 9.80 Å². The molecule has 2 fully saturated rings. The van der Waals surface area contributed by atoms with Gasteiger partial charge in [0.2, 0.25) is 11.8 Å². The number of amides is 2. The molecule has 178 valence electrons. The second kappa shape index (κ2) is 8.57. The first-order valence-electron chi connectivity index (χ1n) is 11.2. The number of carbonyl (C=O) groups excluding carboxylic acids is 3. The van der Waals surface area contributed by atoms with Gasteiger partial charge < -0.3 is 19.3 Å². The Morgan fingerprint density at radius 3 is 2.68 bits per heavy atom. The highest BCUT2D eigenvalue weighted by molar-refractivity contribution is 9.10. The maximum atomic E-state index is 14.0. The first-order chi connectivity index (χ1) is 16.3. The number of rotatable bonds is 4. The van der Waals surface area contributed by atoms with E-state index in [9.17, 15) is 14.4 Å². The summed E-state index contributed by atoms with van der Waals surface area (Å²) in [5.74, 6) is -1.57. The van der Waals surface area contributed by atoms with Gasteiger partial charge in [0.05, 0.1) is 25.2 Å². The summed E-state index contributed by atoms with van der Waals surface area (Å²) in [5, 5.41) is 0.593. The Balaban J connectivity index is 1.59. The highest BCUT2D eigenvalue weighted by atomic mass is 79.9. The van der Waals surface area contributed by atoms with Crippen LogP contribution in [0.2, 0.25) is 5.02 Å². The third-order valence-electron chi connectivity index (χ3n) is 7.08. The summed E-state index contributed by atoms with van der Waals surface area (Å²) < 4.78 is 12.3. The third kappa shape index (κ3) is 3.50. The zero-order valence-electron chi connectivity index (χ0n) is 18.8. The Bertz CT molecular complexity index is 1170. The van der Waals surface area contributed by atoms with Crippen LogP contribution in [0.25, 0.3) is 0 Å². The standard InChI is InChI=1S/C25H24BrClN2O5/c1-3-33-23(31)21-18-13-34-19-9-6-15(26)10-17(19)22(18)29-20(30)12-28(24(32)25(21,29)2)11-14-4-7-16(27)8-5-14/h4-10,18,21-22H,3,11-13H2,1-2H3/t18-,21-,22-,25-/m1/s1. The average molecular weight is 548 g/mol. The number of halogens is 2. The SMILES string of the molecule is CCOC(=O)[C@H]1[C@H]2COc3ccc(Br)cc3[C@H]2N2C(=O)CN(Cc3ccc(Cl)cc3)C(=O)[C@@]12C. The summed E-state index contributed by atoms with van der Waals surface area (Å²) in [4.78, 5) is 44.1. The molecule has 2 amide bonds. The molecule has 0 saturated carbocycles. The molecule has 2 aromatic carbocycles. The van der Waals surface area contributed by atoms with Crippen molar-refractivity contribution in [1.29, 1.82) is 0 Å². The Hall–Kier alpha value is -2.58. The second-order valence-electron chi connectivity index (χ2n) is 9.03. The third-order valence-corrected chi connectivity index (χ3v) is 7.83. The van der Waals surface area contributed by atoms with Gasteiger partial charge in [-0.1, -0.05) is 39.7 Å². The molecule has 9 heteroatoms. The van der Waals surface area contributed by atoms with Gasteiger partial charge in [-0.2, -0.15) is 0 Å². The molecule has 34 heavy (non-hydrogen) atoms. The van der Waals surface area contributed by atoms with Crippen LogP contribution in [0, 0.1) is 11.8 Å². The van der Waals surface area contributed by atoms with E-state index in [1.807, 2.05) is 30.3 Å². The molecule has 0 aliphatic carbocycles. The number of nitrogens with zero attached hydrogens (tertiary/aromatic N) is 2. The quantitative estimate of drug-likeness (QED) is 0.542. The van der Waals surface area contributed by atoms with Crippen molar-refractivity contribution < 1.29 is 23.9 Å². The Kier molecular flexibility index (Phi) is 5.84. The number of piperazine rings is 1. The summed E-state index contributed by atoms with van der Waals surface area (Å²) in [7, 11) is 0. The smallest absolute Gasteiger partial charge is 0.312 e. The van der Waals surface area contributed by atoms with Gasteiger partial charge in [-0.05, 0) is 49.7 Å². The average Bonchev–Trinajstić information content (AvgIpc) is 3.09. The topological polar surface area (TPSA) is 76.2 Å². The van der Waals surface area contributed by atoms with E-state index in [-0.39, 0.29) is 38.1 Å². The molecule has 4 atom stereocenters. The number of fused-ring (bicyclic) bond motifs is 5. The van der Waals surface area contributed by atoms with E-state index in [2.05, 4.69) is 15.9 Å². The Labute approximate surface area is 211 Å². The summed E-state index contributed by atoms with van der Waals surface area (Å²) in [6, 6.07) is 12.3. The molecule has 2 aromatic rings. The molecule has 0 bridgehead atoms. The van der Waals surface area contributed by atoms with Crippen molar-refractivity contribution >= 4 is 45.3 Å². The number of ether oxygens (including phenoxy) is 2. The minimum Gasteiger partial charge on any atom is -0.493 e. The molecule has 3 aliphatic heterocycles. The van der Waals surface area contributed by atoms with Crippen molar-refractivity contribution in [2.24, 2.45) is 11.8 Å². The molecule has 3 aliphatic rings. The lowest BCUT2D eigenvalue weighted by molar-refractivity contribution is -0.170. The Morgan fingerprint density at radius 2 is 1.97 bits per heavy atom. The van der Waals surface area contributed by atoms with Gasteiger partial charge in [-0.15, -0.1) is 0 Å². The van der Waals surface area contributed by atoms with E-state index in [0.717, 1.165) is 15.6 Å². The van der Waals surface area contributed by atoms with Gasteiger partial charge in [0, 0.05) is 27.5 Å². The molecule has 0 radical (unpaired) electrons. The van der Waals surface area contributed by atoms with Gasteiger partial charge >= 0.3 is 5.97 Å². The highest BCUT2D eigenvalue weighted by Gasteiger charge is 2.69. The van der Waals surface area contributed by atoms with Gasteiger partial charge in [-0.3, -0.25) is 14.4 Å². The van der Waals surface area contributed by atoms with Crippen LogP contribution in [-0.4, -0.2) is 52.9 Å². The molecule has 0 spiro atoms. The van der Waals surface area contributed by atoms with E-state index in [1.54, 1.807) is 30.9 Å². The van der Waals surface area contributed by atoms with Crippen LogP contribution in [0.4, 0.5) is 0 Å². The normalized spacial score (nSPS) is 27.6. The summed E-state index contributed by atoms with van der Waals surface area (Å²) in [6.45, 7) is 4.00. The van der Waals surface area contributed by atoms with Crippen LogP contribution in [0.3, 0.4) is 0 Å². The van der Waals surface area contributed by atoms with Crippen LogP contribution in [0.15, 0.2) is 46.9 Å². The minimum absolute atomic E-state index is 0.0694. The Morgan fingerprint density at radius 1 is 1.24 bits per heavy atom. The number of esters is 1. The number of carbonyl (C=O) groups is 3. The van der Waals surface area contributed by atoms with Crippen molar-refractivity contribution in [3.05, 3.63) is 63.1 Å². The molecule has 0 N–H and O–H groups in total. The molecule has 0 aromatic heterocycles. The molecule has 7 nitrogen and oxygen atoms in total. The van der Waals surface area contributed by atoms with Gasteiger partial charge in [-0.25, -0.2) is 0 Å². The lowest BCUT2D eigenvalue weighted by Gasteiger charge is -2.47. The van der Waals surface area contributed by atoms with Gasteiger partial charge in [0.1, 0.15) is 17.8 Å². The zero-order valence-corrected chi connectivity index (χ0v) is 21.1. The predicted molar refractivity (Wildman–Crippen MR) is 128 cm³/mol. The molecule has 5 rings (SSSR count). The summed E-state index contributed by atoms with van der Waals surface area (Å²) >= 11 is 9.50. The first kappa shape index (κ1) is 23.2. The van der Waals surface area contributed by atoms with E-state index in [1.165, 1.54) is 4.90 Å². The monoisotopic (exact) mass is 546 g/mol. The highest BCUT2D eigenvalue weighted by Crippen LogP contribution is 2.57. The fourth-order valence-electron chi connectivity index (χ4n) is 5.71. The molecular formula is C25H24BrClN2O5. The molecular weight excluding hydrogens is 524 g/mol. The van der Waals surface area contributed by atoms with E-state index in [0.29, 0.717) is 10.8 Å². The second-order valence-corrected chi connectivity index (χ2v) is 10.4. The van der Waals surface area contributed by atoms with Crippen LogP contribution >= 0.6 is 27.5 Å². The fourth-order valence-corrected chi connectivity index (χ4v) is 6.21. The van der Waals surface area contributed by atoms with Crippen molar-refractivity contribution in [3.8, 4) is 5.75 Å². The van der Waals surface area contributed by atoms with Crippen LogP contribution in [0.5, 0.6) is 5.75 Å². The summed E-state index contributed by atoms with van der Waals surface area (Å²) in [6.07, 6.45) is 0. The van der Waals surface area contributed by atoms with Crippen molar-refractivity contribution in [2.45, 2.75) is 32.0 Å². The molecule has 0 unspecified atom stereocenters. The minimum atomic E-state index is -1.39. The predicted octanol–water partition coefficient (Wildman–Crippen LogP) is 3.97. The largest absolute Gasteiger partial charge is 0.493 e. The summed E-state index contributed by atoms with van der Waals surface area (Å²) in [5.41, 5.74) is 0.246. The van der Waals surface area contributed by atoms with Gasteiger partial charge in [0.15, 0.2) is 0 Å². The van der Waals surface area contributed by atoms with Crippen LogP contribution < -0.4 is 4.74 Å². The maximum Gasteiger partial charge on any atom is 0.312 e. The van der Waals surface area contributed by atoms with Crippen molar-refractivity contribution in [2.75, 3.05) is 19.8 Å². The number of hydrogen-bond acceptors (Lipinski definition) is 5. The maximum absolute atomic E-state index is 14.0. The number of benzene rings is 2. The lowest BCUT2D eigenvalue weighted by Crippen LogP contribution is -2.67. The zero-order chi connectivity index (χ0) is 24.2. The van der Waals surface area contributed by atoms with Crippen LogP contribution in [-0.2, 0) is 25.7 Å². The van der Waals surface area contributed by atoms with Gasteiger partial charge in [0.25, 0.3) is 0 Å². The van der Waals surface area contributed by atoms with Crippen LogP contribution in [0.1, 0.15) is 31.0 Å². The van der Waals surface area contributed by atoms with E-state index in [4.69, 9.17) is 21.1 Å². The fraction of sp³-hybridized carbons (Fsp3) is 0.400. The first-order valence-corrected chi connectivity index (χ1v) is 12.4. The lowest BCUT2D eigenvalue weighted by atomic mass is 9.77. The van der Waals surface area contributed by atoms with E-state index >= 15 is 0 Å². The number of hydrogen-bond donors (Lipinski definition) is 0. The molecule has 3 heterocycles. The molecule has 2 saturated heterocycles. The van der Waals surface area contributed by atoms with Crippen molar-refractivity contribution in [3.63, 3.8) is 0 Å². The van der Waals surface area contributed by atoms with E-state index < -0.39 is 29.4 Å².